The van der Waals surface area contributed by atoms with Crippen LogP contribution in [0.25, 0.3) is 0 Å². The van der Waals surface area contributed by atoms with Gasteiger partial charge in [0.2, 0.25) is 0 Å². The lowest BCUT2D eigenvalue weighted by atomic mass is 10.1. The highest BCUT2D eigenvalue weighted by molar-refractivity contribution is 5.46. The quantitative estimate of drug-likeness (QED) is 0.803. The zero-order valence-corrected chi connectivity index (χ0v) is 8.73. The molecule has 0 saturated heterocycles. The van der Waals surface area contributed by atoms with Crippen molar-refractivity contribution in [1.29, 1.82) is 5.26 Å². The summed E-state index contributed by atoms with van der Waals surface area (Å²) in [5, 5.41) is 11.1. The smallest absolute Gasteiger partial charge is 0.182 e. The van der Waals surface area contributed by atoms with Gasteiger partial charge in [0.05, 0.1) is 18.2 Å². The van der Waals surface area contributed by atoms with Gasteiger partial charge in [0.15, 0.2) is 11.6 Å². The third-order valence-corrected chi connectivity index (χ3v) is 2.18. The molecule has 0 aromatic heterocycles. The molecule has 1 unspecified atom stereocenters. The lowest BCUT2D eigenvalue weighted by molar-refractivity contribution is 0.495. The second-order valence-electron chi connectivity index (χ2n) is 3.36. The van der Waals surface area contributed by atoms with Gasteiger partial charge in [-0.2, -0.15) is 5.26 Å². The maximum atomic E-state index is 13.2. The van der Waals surface area contributed by atoms with E-state index in [0.29, 0.717) is 12.5 Å². The summed E-state index contributed by atoms with van der Waals surface area (Å²) in [6.45, 7) is 1.79. The van der Waals surface area contributed by atoms with Crippen molar-refractivity contribution in [2.75, 3.05) is 5.32 Å². The van der Waals surface area contributed by atoms with Gasteiger partial charge < -0.3 is 5.32 Å². The molecule has 1 aromatic rings. The van der Waals surface area contributed by atoms with E-state index in [1.807, 2.05) is 6.07 Å². The standard InChI is InChI=1S/C11H11F3N2/c1-2-8(3-4-15)16-10-6-7(12)5-9(13)11(10)14/h5-6,8,16H,2-3H2,1H3. The summed E-state index contributed by atoms with van der Waals surface area (Å²) in [4.78, 5) is 0. The second kappa shape index (κ2) is 5.40. The van der Waals surface area contributed by atoms with E-state index >= 15 is 0 Å². The monoisotopic (exact) mass is 228 g/mol. The molecule has 1 rings (SSSR count). The van der Waals surface area contributed by atoms with Crippen molar-refractivity contribution in [3.63, 3.8) is 0 Å². The highest BCUT2D eigenvalue weighted by Crippen LogP contribution is 2.20. The van der Waals surface area contributed by atoms with Gasteiger partial charge in [0.1, 0.15) is 5.82 Å². The van der Waals surface area contributed by atoms with E-state index in [1.54, 1.807) is 6.92 Å². The highest BCUT2D eigenvalue weighted by atomic mass is 19.2. The molecule has 0 aliphatic carbocycles. The Hall–Kier alpha value is -1.70. The van der Waals surface area contributed by atoms with Crippen LogP contribution in [-0.4, -0.2) is 6.04 Å². The fourth-order valence-corrected chi connectivity index (χ4v) is 1.29. The molecule has 0 aliphatic heterocycles. The number of nitrogens with zero attached hydrogens (tertiary/aromatic N) is 1. The zero-order chi connectivity index (χ0) is 12.1. The Kier molecular flexibility index (Phi) is 4.18. The first-order valence-electron chi connectivity index (χ1n) is 4.86. The average Bonchev–Trinajstić information content (AvgIpc) is 2.24. The van der Waals surface area contributed by atoms with Crippen molar-refractivity contribution >= 4 is 5.69 Å². The third kappa shape index (κ3) is 2.89. The summed E-state index contributed by atoms with van der Waals surface area (Å²) >= 11 is 0. The molecule has 0 amide bonds. The maximum absolute atomic E-state index is 13.2. The van der Waals surface area contributed by atoms with Gasteiger partial charge >= 0.3 is 0 Å². The summed E-state index contributed by atoms with van der Waals surface area (Å²) in [6, 6.07) is 2.95. The van der Waals surface area contributed by atoms with Gasteiger partial charge in [-0.05, 0) is 6.42 Å². The molecule has 0 spiro atoms. The van der Waals surface area contributed by atoms with Crippen molar-refractivity contribution in [3.05, 3.63) is 29.6 Å². The Morgan fingerprint density at radius 3 is 2.62 bits per heavy atom. The Bertz CT molecular complexity index is 412. The number of halogens is 3. The van der Waals surface area contributed by atoms with Crippen LogP contribution in [0.2, 0.25) is 0 Å². The molecule has 1 aromatic carbocycles. The molecule has 1 N–H and O–H groups in total. The fraction of sp³-hybridized carbons (Fsp3) is 0.364. The molecule has 86 valence electrons. The highest BCUT2D eigenvalue weighted by Gasteiger charge is 2.14. The predicted octanol–water partition coefficient (Wildman–Crippen LogP) is 3.21. The van der Waals surface area contributed by atoms with E-state index in [2.05, 4.69) is 5.32 Å². The van der Waals surface area contributed by atoms with E-state index < -0.39 is 17.5 Å². The van der Waals surface area contributed by atoms with Crippen molar-refractivity contribution in [2.45, 2.75) is 25.8 Å². The summed E-state index contributed by atoms with van der Waals surface area (Å²) in [7, 11) is 0. The van der Waals surface area contributed by atoms with Crippen LogP contribution in [0.5, 0.6) is 0 Å². The maximum Gasteiger partial charge on any atom is 0.182 e. The molecule has 0 saturated carbocycles. The molecule has 1 atom stereocenters. The van der Waals surface area contributed by atoms with Crippen LogP contribution in [-0.2, 0) is 0 Å². The van der Waals surface area contributed by atoms with E-state index in [9.17, 15) is 13.2 Å². The first-order chi connectivity index (χ1) is 7.58. The molecule has 0 bridgehead atoms. The summed E-state index contributed by atoms with van der Waals surface area (Å²) < 4.78 is 38.9. The lowest BCUT2D eigenvalue weighted by Gasteiger charge is -2.15. The number of nitrogens with one attached hydrogen (secondary N) is 1. The number of hydrogen-bond acceptors (Lipinski definition) is 2. The third-order valence-electron chi connectivity index (χ3n) is 2.18. The molecule has 0 fully saturated rings. The average molecular weight is 228 g/mol. The topological polar surface area (TPSA) is 35.8 Å². The molecule has 2 nitrogen and oxygen atoms in total. The second-order valence-corrected chi connectivity index (χ2v) is 3.36. The molecule has 0 heterocycles. The minimum atomic E-state index is -1.24. The summed E-state index contributed by atoms with van der Waals surface area (Å²) in [5.41, 5.74) is -0.250. The SMILES string of the molecule is CCC(CC#N)Nc1cc(F)cc(F)c1F. The fourth-order valence-electron chi connectivity index (χ4n) is 1.29. The van der Waals surface area contributed by atoms with Crippen LogP contribution >= 0.6 is 0 Å². The normalized spacial score (nSPS) is 11.9. The Balaban J connectivity index is 2.92. The Labute approximate surface area is 91.7 Å². The van der Waals surface area contributed by atoms with E-state index in [1.165, 1.54) is 0 Å². The largest absolute Gasteiger partial charge is 0.379 e. The number of anilines is 1. The molecule has 16 heavy (non-hydrogen) atoms. The van der Waals surface area contributed by atoms with Crippen LogP contribution in [0.1, 0.15) is 19.8 Å². The van der Waals surface area contributed by atoms with Crippen molar-refractivity contribution < 1.29 is 13.2 Å². The molecular formula is C11H11F3N2. The van der Waals surface area contributed by atoms with Gasteiger partial charge in [0, 0.05) is 18.2 Å². The van der Waals surface area contributed by atoms with Gasteiger partial charge in [-0.25, -0.2) is 13.2 Å². The molecule has 0 radical (unpaired) electrons. The van der Waals surface area contributed by atoms with Gasteiger partial charge in [0.25, 0.3) is 0 Å². The number of nitriles is 1. The van der Waals surface area contributed by atoms with E-state index in [4.69, 9.17) is 5.26 Å². The van der Waals surface area contributed by atoms with E-state index in [0.717, 1.165) is 6.07 Å². The molecule has 0 aliphatic rings. The van der Waals surface area contributed by atoms with Gasteiger partial charge in [-0.3, -0.25) is 0 Å². The Morgan fingerprint density at radius 1 is 1.38 bits per heavy atom. The minimum absolute atomic E-state index is 0.147. The predicted molar refractivity (Wildman–Crippen MR) is 54.2 cm³/mol. The van der Waals surface area contributed by atoms with Crippen molar-refractivity contribution in [3.8, 4) is 6.07 Å². The molecule has 5 heteroatoms. The summed E-state index contributed by atoms with van der Waals surface area (Å²) in [6.07, 6.45) is 0.708. The Morgan fingerprint density at radius 2 is 2.06 bits per heavy atom. The van der Waals surface area contributed by atoms with Crippen LogP contribution in [0.15, 0.2) is 12.1 Å². The first kappa shape index (κ1) is 12.4. The minimum Gasteiger partial charge on any atom is -0.379 e. The summed E-state index contributed by atoms with van der Waals surface area (Å²) in [5.74, 6) is -3.22. The van der Waals surface area contributed by atoms with Crippen LogP contribution in [0.4, 0.5) is 18.9 Å². The van der Waals surface area contributed by atoms with Crippen LogP contribution in [0.3, 0.4) is 0 Å². The number of benzene rings is 1. The zero-order valence-electron chi connectivity index (χ0n) is 8.73. The first-order valence-corrected chi connectivity index (χ1v) is 4.86. The molecular weight excluding hydrogens is 217 g/mol. The number of rotatable bonds is 4. The lowest BCUT2D eigenvalue weighted by Crippen LogP contribution is -2.19. The van der Waals surface area contributed by atoms with E-state index in [-0.39, 0.29) is 18.2 Å². The van der Waals surface area contributed by atoms with Crippen LogP contribution in [0, 0.1) is 28.8 Å². The van der Waals surface area contributed by atoms with Crippen molar-refractivity contribution in [1.82, 2.24) is 0 Å². The number of hydrogen-bond donors (Lipinski definition) is 1. The van der Waals surface area contributed by atoms with Gasteiger partial charge in [-0.15, -0.1) is 0 Å². The van der Waals surface area contributed by atoms with Crippen molar-refractivity contribution in [2.24, 2.45) is 0 Å². The van der Waals surface area contributed by atoms with Gasteiger partial charge in [-0.1, -0.05) is 6.92 Å². The van der Waals surface area contributed by atoms with Crippen LogP contribution < -0.4 is 5.32 Å².